The average Bonchev–Trinajstić information content (AvgIpc) is 2.51. The Balaban J connectivity index is 2.03. The van der Waals surface area contributed by atoms with E-state index in [0.717, 1.165) is 14.8 Å². The third-order valence-electron chi connectivity index (χ3n) is 2.98. The lowest BCUT2D eigenvalue weighted by molar-refractivity contribution is -0.0935. The van der Waals surface area contributed by atoms with Crippen molar-refractivity contribution in [1.29, 1.82) is 0 Å². The van der Waals surface area contributed by atoms with Crippen LogP contribution in [0.3, 0.4) is 0 Å². The van der Waals surface area contributed by atoms with Gasteiger partial charge in [0.05, 0.1) is 29.1 Å². The maximum Gasteiger partial charge on any atom is 0.161 e. The molecule has 2 aromatic rings. The monoisotopic (exact) mass is 402 g/mol. The maximum atomic E-state index is 6.23. The van der Waals surface area contributed by atoms with E-state index in [1.54, 1.807) is 0 Å². The standard InChI is InChI=1S/C14H12ClIN2O2/c15-13-11(16)12(9-4-2-1-3-5-9)17-14(18-13)10-8-19-6-7-20-10/h1-5,10H,6-8H2. The molecule has 2 heterocycles. The molecule has 0 spiro atoms. The zero-order valence-electron chi connectivity index (χ0n) is 10.6. The predicted octanol–water partition coefficient (Wildman–Crippen LogP) is 3.49. The average molecular weight is 403 g/mol. The van der Waals surface area contributed by atoms with Gasteiger partial charge in [-0.15, -0.1) is 0 Å². The van der Waals surface area contributed by atoms with Gasteiger partial charge in [0.15, 0.2) is 5.82 Å². The topological polar surface area (TPSA) is 44.2 Å². The first-order valence-corrected chi connectivity index (χ1v) is 7.69. The number of halogens is 2. The summed E-state index contributed by atoms with van der Waals surface area (Å²) < 4.78 is 11.9. The van der Waals surface area contributed by atoms with Crippen molar-refractivity contribution in [2.75, 3.05) is 19.8 Å². The molecule has 1 aliphatic heterocycles. The van der Waals surface area contributed by atoms with Crippen LogP contribution in [0.5, 0.6) is 0 Å². The number of hydrogen-bond acceptors (Lipinski definition) is 4. The number of rotatable bonds is 2. The normalized spacial score (nSPS) is 19.0. The fraction of sp³-hybridized carbons (Fsp3) is 0.286. The molecule has 20 heavy (non-hydrogen) atoms. The molecule has 4 nitrogen and oxygen atoms in total. The molecule has 1 fully saturated rings. The number of ether oxygens (including phenoxy) is 2. The highest BCUT2D eigenvalue weighted by molar-refractivity contribution is 14.1. The van der Waals surface area contributed by atoms with E-state index in [1.165, 1.54) is 0 Å². The molecular formula is C14H12ClIN2O2. The second-order valence-electron chi connectivity index (χ2n) is 4.34. The molecule has 0 radical (unpaired) electrons. The van der Waals surface area contributed by atoms with E-state index >= 15 is 0 Å². The summed E-state index contributed by atoms with van der Waals surface area (Å²) in [4.78, 5) is 8.94. The lowest BCUT2D eigenvalue weighted by Crippen LogP contribution is -2.24. The lowest BCUT2D eigenvalue weighted by Gasteiger charge is -2.22. The Morgan fingerprint density at radius 2 is 1.95 bits per heavy atom. The largest absolute Gasteiger partial charge is 0.376 e. The van der Waals surface area contributed by atoms with E-state index in [0.29, 0.717) is 30.8 Å². The van der Waals surface area contributed by atoms with Gasteiger partial charge in [-0.05, 0) is 22.6 Å². The van der Waals surface area contributed by atoms with Gasteiger partial charge < -0.3 is 9.47 Å². The summed E-state index contributed by atoms with van der Waals surface area (Å²) >= 11 is 8.40. The molecule has 0 aliphatic carbocycles. The van der Waals surface area contributed by atoms with E-state index in [4.69, 9.17) is 21.1 Å². The highest BCUT2D eigenvalue weighted by Gasteiger charge is 2.22. The molecular weight excluding hydrogens is 391 g/mol. The molecule has 1 unspecified atom stereocenters. The molecule has 0 bridgehead atoms. The van der Waals surface area contributed by atoms with Crippen molar-refractivity contribution in [3.05, 3.63) is 44.9 Å². The smallest absolute Gasteiger partial charge is 0.161 e. The molecule has 1 aromatic carbocycles. The first-order valence-electron chi connectivity index (χ1n) is 6.23. The van der Waals surface area contributed by atoms with Gasteiger partial charge in [-0.25, -0.2) is 9.97 Å². The van der Waals surface area contributed by atoms with E-state index in [-0.39, 0.29) is 6.10 Å². The van der Waals surface area contributed by atoms with Gasteiger partial charge in [0.2, 0.25) is 0 Å². The minimum absolute atomic E-state index is 0.249. The van der Waals surface area contributed by atoms with Gasteiger partial charge in [0.1, 0.15) is 11.3 Å². The molecule has 6 heteroatoms. The Hall–Kier alpha value is -0.760. The lowest BCUT2D eigenvalue weighted by atomic mass is 10.1. The van der Waals surface area contributed by atoms with Crippen LogP contribution in [0, 0.1) is 3.57 Å². The van der Waals surface area contributed by atoms with Crippen molar-refractivity contribution >= 4 is 34.2 Å². The molecule has 104 valence electrons. The minimum atomic E-state index is -0.249. The van der Waals surface area contributed by atoms with Crippen molar-refractivity contribution in [2.24, 2.45) is 0 Å². The van der Waals surface area contributed by atoms with Crippen LogP contribution in [0.2, 0.25) is 5.15 Å². The molecule has 0 saturated carbocycles. The van der Waals surface area contributed by atoms with E-state index in [2.05, 4.69) is 32.6 Å². The van der Waals surface area contributed by atoms with Crippen LogP contribution in [0.15, 0.2) is 30.3 Å². The second-order valence-corrected chi connectivity index (χ2v) is 5.77. The van der Waals surface area contributed by atoms with Crippen molar-refractivity contribution in [1.82, 2.24) is 9.97 Å². The summed E-state index contributed by atoms with van der Waals surface area (Å²) in [6.07, 6.45) is -0.249. The minimum Gasteiger partial charge on any atom is -0.376 e. The summed E-state index contributed by atoms with van der Waals surface area (Å²) in [6.45, 7) is 1.63. The number of aromatic nitrogens is 2. The van der Waals surface area contributed by atoms with Crippen LogP contribution in [0.25, 0.3) is 11.3 Å². The van der Waals surface area contributed by atoms with Gasteiger partial charge in [-0.1, -0.05) is 41.9 Å². The fourth-order valence-electron chi connectivity index (χ4n) is 2.00. The summed E-state index contributed by atoms with van der Waals surface area (Å²) in [5, 5.41) is 0.448. The predicted molar refractivity (Wildman–Crippen MR) is 84.7 cm³/mol. The molecule has 1 atom stereocenters. The fourth-order valence-corrected chi connectivity index (χ4v) is 2.73. The Kier molecular flexibility index (Phi) is 4.50. The number of nitrogens with zero attached hydrogens (tertiary/aromatic N) is 2. The van der Waals surface area contributed by atoms with Crippen LogP contribution in [0.1, 0.15) is 11.9 Å². The SMILES string of the molecule is Clc1nc(C2COCCO2)nc(-c2ccccc2)c1I. The van der Waals surface area contributed by atoms with Crippen LogP contribution < -0.4 is 0 Å². The highest BCUT2D eigenvalue weighted by Crippen LogP contribution is 2.30. The number of hydrogen-bond donors (Lipinski definition) is 0. The molecule has 1 aromatic heterocycles. The van der Waals surface area contributed by atoms with Crippen molar-refractivity contribution in [2.45, 2.75) is 6.10 Å². The highest BCUT2D eigenvalue weighted by atomic mass is 127. The zero-order valence-corrected chi connectivity index (χ0v) is 13.5. The second kappa shape index (κ2) is 6.34. The van der Waals surface area contributed by atoms with Gasteiger partial charge in [0.25, 0.3) is 0 Å². The summed E-state index contributed by atoms with van der Waals surface area (Å²) in [7, 11) is 0. The van der Waals surface area contributed by atoms with Crippen LogP contribution in [-0.4, -0.2) is 29.8 Å². The maximum absolute atomic E-state index is 6.23. The summed E-state index contributed by atoms with van der Waals surface area (Å²) in [5.74, 6) is 0.578. The summed E-state index contributed by atoms with van der Waals surface area (Å²) in [6, 6.07) is 9.92. The first-order chi connectivity index (χ1) is 9.75. The molecule has 0 amide bonds. The summed E-state index contributed by atoms with van der Waals surface area (Å²) in [5.41, 5.74) is 1.84. The third kappa shape index (κ3) is 2.95. The van der Waals surface area contributed by atoms with Crippen LogP contribution in [0.4, 0.5) is 0 Å². The van der Waals surface area contributed by atoms with E-state index in [1.807, 2.05) is 30.3 Å². The van der Waals surface area contributed by atoms with E-state index in [9.17, 15) is 0 Å². The Labute approximate surface area is 135 Å². The van der Waals surface area contributed by atoms with Gasteiger partial charge in [-0.3, -0.25) is 0 Å². The van der Waals surface area contributed by atoms with E-state index < -0.39 is 0 Å². The third-order valence-corrected chi connectivity index (χ3v) is 4.59. The molecule has 3 rings (SSSR count). The van der Waals surface area contributed by atoms with Crippen molar-refractivity contribution in [3.63, 3.8) is 0 Å². The molecule has 1 aliphatic rings. The molecule has 0 N–H and O–H groups in total. The first kappa shape index (κ1) is 14.2. The van der Waals surface area contributed by atoms with Crippen molar-refractivity contribution < 1.29 is 9.47 Å². The van der Waals surface area contributed by atoms with Crippen LogP contribution in [-0.2, 0) is 9.47 Å². The quantitative estimate of drug-likeness (QED) is 0.570. The molecule has 1 saturated heterocycles. The van der Waals surface area contributed by atoms with Crippen LogP contribution >= 0.6 is 34.2 Å². The van der Waals surface area contributed by atoms with Crippen molar-refractivity contribution in [3.8, 4) is 11.3 Å². The Morgan fingerprint density at radius 1 is 1.15 bits per heavy atom. The Morgan fingerprint density at radius 3 is 2.65 bits per heavy atom. The number of benzene rings is 1. The zero-order chi connectivity index (χ0) is 13.9. The van der Waals surface area contributed by atoms with Gasteiger partial charge >= 0.3 is 0 Å². The van der Waals surface area contributed by atoms with Gasteiger partial charge in [-0.2, -0.15) is 0 Å². The Bertz CT molecular complexity index is 604. The van der Waals surface area contributed by atoms with Gasteiger partial charge in [0, 0.05) is 5.56 Å².